The van der Waals surface area contributed by atoms with Gasteiger partial charge in [-0.05, 0) is 37.1 Å². The van der Waals surface area contributed by atoms with Crippen LogP contribution in [0.15, 0.2) is 43.2 Å². The lowest BCUT2D eigenvalue weighted by atomic mass is 9.99. The molecule has 1 unspecified atom stereocenters. The minimum atomic E-state index is -0.676. The molecule has 3 aliphatic rings. The summed E-state index contributed by atoms with van der Waals surface area (Å²) in [5, 5.41) is 3.59. The fourth-order valence-corrected chi connectivity index (χ4v) is 6.06. The van der Waals surface area contributed by atoms with Gasteiger partial charge in [-0.2, -0.15) is 0 Å². The average molecular weight is 573 g/mol. The molecule has 2 bridgehead atoms. The first-order valence-electron chi connectivity index (χ1n) is 13.0. The monoisotopic (exact) mass is 572 g/mol. The first-order chi connectivity index (χ1) is 18.9. The van der Waals surface area contributed by atoms with Crippen LogP contribution in [-0.4, -0.2) is 58.3 Å². The van der Waals surface area contributed by atoms with Crippen LogP contribution in [-0.2, 0) is 9.53 Å². The van der Waals surface area contributed by atoms with Crippen molar-refractivity contribution in [3.8, 4) is 11.5 Å². The molecular formula is C28H27Cl2FN4O4. The maximum atomic E-state index is 14.8. The SMILES string of the molecule is C=CC(=O)N1[C@@H]2CC[C@H]1C[C@H](Oc1cc3c(Nc4ccc(Cl)c(Cl)c4F)ncnc3cc1OC1CCOC1)C2. The van der Waals surface area contributed by atoms with Gasteiger partial charge in [0, 0.05) is 42.8 Å². The van der Waals surface area contributed by atoms with E-state index in [2.05, 4.69) is 21.9 Å². The number of anilines is 2. The second kappa shape index (κ2) is 10.8. The van der Waals surface area contributed by atoms with Gasteiger partial charge in [0.15, 0.2) is 17.3 Å². The summed E-state index contributed by atoms with van der Waals surface area (Å²) < 4.78 is 33.2. The summed E-state index contributed by atoms with van der Waals surface area (Å²) in [6.45, 7) is 4.79. The summed E-state index contributed by atoms with van der Waals surface area (Å²) in [6.07, 6.45) is 6.67. The van der Waals surface area contributed by atoms with E-state index in [9.17, 15) is 9.18 Å². The van der Waals surface area contributed by atoms with Crippen molar-refractivity contribution in [1.82, 2.24) is 14.9 Å². The molecule has 4 atom stereocenters. The molecule has 1 aromatic heterocycles. The van der Waals surface area contributed by atoms with Crippen LogP contribution in [0.5, 0.6) is 11.5 Å². The Morgan fingerprint density at radius 3 is 2.56 bits per heavy atom. The molecule has 2 aromatic carbocycles. The van der Waals surface area contributed by atoms with Gasteiger partial charge in [0.05, 0.1) is 34.5 Å². The van der Waals surface area contributed by atoms with Gasteiger partial charge in [-0.15, -0.1) is 0 Å². The Morgan fingerprint density at radius 1 is 1.10 bits per heavy atom. The van der Waals surface area contributed by atoms with Gasteiger partial charge in [0.2, 0.25) is 5.91 Å². The third-order valence-electron chi connectivity index (χ3n) is 7.58. The number of amides is 1. The molecule has 3 aromatic rings. The highest BCUT2D eigenvalue weighted by Crippen LogP contribution is 2.42. The molecule has 11 heteroatoms. The van der Waals surface area contributed by atoms with E-state index in [0.29, 0.717) is 54.3 Å². The molecule has 8 nitrogen and oxygen atoms in total. The number of piperidine rings is 1. The highest BCUT2D eigenvalue weighted by Gasteiger charge is 2.43. The third-order valence-corrected chi connectivity index (χ3v) is 8.36. The van der Waals surface area contributed by atoms with Crippen LogP contribution in [0.4, 0.5) is 15.9 Å². The van der Waals surface area contributed by atoms with Gasteiger partial charge >= 0.3 is 0 Å². The van der Waals surface area contributed by atoms with Crippen LogP contribution < -0.4 is 14.8 Å². The third kappa shape index (κ3) is 5.11. The largest absolute Gasteiger partial charge is 0.486 e. The molecular weight excluding hydrogens is 546 g/mol. The van der Waals surface area contributed by atoms with Gasteiger partial charge in [-0.3, -0.25) is 4.79 Å². The van der Waals surface area contributed by atoms with Crippen LogP contribution in [0.3, 0.4) is 0 Å². The Balaban J connectivity index is 1.34. The molecule has 0 saturated carbocycles. The van der Waals surface area contributed by atoms with Crippen molar-refractivity contribution >= 4 is 51.5 Å². The number of fused-ring (bicyclic) bond motifs is 3. The molecule has 1 amide bonds. The fourth-order valence-electron chi connectivity index (χ4n) is 5.75. The number of hydrogen-bond donors (Lipinski definition) is 1. The number of nitrogens with zero attached hydrogens (tertiary/aromatic N) is 3. The van der Waals surface area contributed by atoms with Crippen LogP contribution in [0.25, 0.3) is 10.9 Å². The lowest BCUT2D eigenvalue weighted by Gasteiger charge is -2.38. The summed E-state index contributed by atoms with van der Waals surface area (Å²) >= 11 is 12.0. The van der Waals surface area contributed by atoms with Gasteiger partial charge < -0.3 is 24.4 Å². The lowest BCUT2D eigenvalue weighted by molar-refractivity contribution is -0.131. The van der Waals surface area contributed by atoms with Crippen molar-refractivity contribution in [2.45, 2.75) is 56.4 Å². The zero-order valence-corrected chi connectivity index (χ0v) is 22.6. The Kier molecular flexibility index (Phi) is 7.22. The van der Waals surface area contributed by atoms with Crippen LogP contribution in [0.1, 0.15) is 32.1 Å². The van der Waals surface area contributed by atoms with Gasteiger partial charge in [0.25, 0.3) is 0 Å². The molecule has 204 valence electrons. The summed E-state index contributed by atoms with van der Waals surface area (Å²) in [4.78, 5) is 23.1. The number of ether oxygens (including phenoxy) is 3. The number of halogens is 3. The highest BCUT2D eigenvalue weighted by atomic mass is 35.5. The molecule has 6 rings (SSSR count). The predicted molar refractivity (Wildman–Crippen MR) is 147 cm³/mol. The number of benzene rings is 2. The Labute approximate surface area is 235 Å². The van der Waals surface area contributed by atoms with E-state index in [1.54, 1.807) is 0 Å². The number of carbonyl (C=O) groups is 1. The molecule has 3 fully saturated rings. The van der Waals surface area contributed by atoms with E-state index < -0.39 is 5.82 Å². The number of rotatable bonds is 7. The van der Waals surface area contributed by atoms with Crippen molar-refractivity contribution in [2.75, 3.05) is 18.5 Å². The molecule has 3 aliphatic heterocycles. The van der Waals surface area contributed by atoms with E-state index in [-0.39, 0.29) is 45.9 Å². The summed E-state index contributed by atoms with van der Waals surface area (Å²) in [7, 11) is 0. The molecule has 39 heavy (non-hydrogen) atoms. The minimum Gasteiger partial charge on any atom is -0.486 e. The summed E-state index contributed by atoms with van der Waals surface area (Å²) in [5.74, 6) is 0.767. The number of carbonyl (C=O) groups excluding carboxylic acids is 1. The van der Waals surface area contributed by atoms with E-state index in [4.69, 9.17) is 37.4 Å². The first-order valence-corrected chi connectivity index (χ1v) is 13.7. The second-order valence-corrected chi connectivity index (χ2v) is 10.8. The van der Waals surface area contributed by atoms with Crippen molar-refractivity contribution in [3.63, 3.8) is 0 Å². The topological polar surface area (TPSA) is 85.8 Å². The lowest BCUT2D eigenvalue weighted by Crippen LogP contribution is -2.48. The zero-order valence-electron chi connectivity index (χ0n) is 21.0. The Hall–Kier alpha value is -3.14. The van der Waals surface area contributed by atoms with E-state index >= 15 is 0 Å². The maximum Gasteiger partial charge on any atom is 0.246 e. The smallest absolute Gasteiger partial charge is 0.246 e. The summed E-state index contributed by atoms with van der Waals surface area (Å²) in [5.41, 5.74) is 0.729. The summed E-state index contributed by atoms with van der Waals surface area (Å²) in [6, 6.07) is 6.88. The highest BCUT2D eigenvalue weighted by molar-refractivity contribution is 6.42. The van der Waals surface area contributed by atoms with Gasteiger partial charge in [-0.25, -0.2) is 14.4 Å². The van der Waals surface area contributed by atoms with Gasteiger partial charge in [-0.1, -0.05) is 29.8 Å². The standard InChI is InChI=1S/C28H27Cl2FN4O4/c1-2-25(36)35-15-3-4-16(35)10-18(9-15)39-23-11-19-22(12-24(23)38-17-7-8-37-13-17)32-14-33-28(19)34-21-6-5-20(29)26(30)27(21)31/h2,5-6,11-12,14-18H,1,3-4,7-10,13H2,(H,32,33,34)/t15-,16+,17?,18-. The molecule has 3 saturated heterocycles. The van der Waals surface area contributed by atoms with Crippen LogP contribution in [0, 0.1) is 5.82 Å². The average Bonchev–Trinajstić information content (AvgIpc) is 3.54. The second-order valence-electron chi connectivity index (χ2n) is 10.0. The minimum absolute atomic E-state index is 0.0284. The van der Waals surface area contributed by atoms with Crippen molar-refractivity contribution in [3.05, 3.63) is 59.1 Å². The fraction of sp³-hybridized carbons (Fsp3) is 0.393. The van der Waals surface area contributed by atoms with Crippen molar-refractivity contribution in [1.29, 1.82) is 0 Å². The number of nitrogens with one attached hydrogen (secondary N) is 1. The van der Waals surface area contributed by atoms with Gasteiger partial charge in [0.1, 0.15) is 24.4 Å². The first kappa shape index (κ1) is 26.1. The Bertz CT molecular complexity index is 1420. The molecule has 0 radical (unpaired) electrons. The number of aromatic nitrogens is 2. The van der Waals surface area contributed by atoms with E-state index in [1.165, 1.54) is 24.5 Å². The molecule has 4 heterocycles. The molecule has 1 N–H and O–H groups in total. The van der Waals surface area contributed by atoms with Crippen molar-refractivity contribution in [2.24, 2.45) is 0 Å². The predicted octanol–water partition coefficient (Wildman–Crippen LogP) is 6.07. The van der Waals surface area contributed by atoms with Crippen molar-refractivity contribution < 1.29 is 23.4 Å². The zero-order chi connectivity index (χ0) is 27.1. The van der Waals surface area contributed by atoms with E-state index in [0.717, 1.165) is 19.3 Å². The van der Waals surface area contributed by atoms with Crippen LogP contribution in [0.2, 0.25) is 10.0 Å². The van der Waals surface area contributed by atoms with E-state index in [1.807, 2.05) is 17.0 Å². The van der Waals surface area contributed by atoms with Crippen LogP contribution >= 0.6 is 23.2 Å². The molecule has 0 spiro atoms. The quantitative estimate of drug-likeness (QED) is 0.271. The molecule has 0 aliphatic carbocycles. The Morgan fingerprint density at radius 2 is 1.85 bits per heavy atom. The number of hydrogen-bond acceptors (Lipinski definition) is 7. The maximum absolute atomic E-state index is 14.8. The normalized spacial score (nSPS) is 24.1.